The largest absolute Gasteiger partial charge is 0.302 e. The van der Waals surface area contributed by atoms with Crippen LogP contribution in [0.15, 0.2) is 40.7 Å². The summed E-state index contributed by atoms with van der Waals surface area (Å²) < 4.78 is 27.3. The Labute approximate surface area is 155 Å². The molecular formula is C16H18ClN3O3S2. The van der Waals surface area contributed by atoms with E-state index in [1.165, 1.54) is 27.8 Å². The third-order valence-corrected chi connectivity index (χ3v) is 7.00. The van der Waals surface area contributed by atoms with Gasteiger partial charge >= 0.3 is 0 Å². The molecule has 1 aromatic heterocycles. The van der Waals surface area contributed by atoms with Gasteiger partial charge in [-0.15, -0.1) is 11.3 Å². The number of halogens is 1. The lowest BCUT2D eigenvalue weighted by atomic mass is 10.0. The van der Waals surface area contributed by atoms with Crippen molar-refractivity contribution in [3.8, 4) is 0 Å². The fourth-order valence-corrected chi connectivity index (χ4v) is 5.27. The van der Waals surface area contributed by atoms with Gasteiger partial charge in [-0.25, -0.2) is 13.4 Å². The number of benzene rings is 1. The Morgan fingerprint density at radius 1 is 1.32 bits per heavy atom. The maximum Gasteiger partial charge on any atom is 0.243 e. The maximum atomic E-state index is 12.9. The van der Waals surface area contributed by atoms with E-state index in [9.17, 15) is 13.2 Å². The van der Waals surface area contributed by atoms with Crippen LogP contribution in [-0.2, 0) is 14.8 Å². The molecule has 1 aromatic carbocycles. The molecule has 1 atom stereocenters. The Hall–Kier alpha value is -1.48. The molecular weight excluding hydrogens is 382 g/mol. The summed E-state index contributed by atoms with van der Waals surface area (Å²) in [6.07, 6.45) is 4.09. The molecule has 1 fully saturated rings. The molecule has 0 bridgehead atoms. The Kier molecular flexibility index (Phi) is 5.73. The highest BCUT2D eigenvalue weighted by Crippen LogP contribution is 2.28. The summed E-state index contributed by atoms with van der Waals surface area (Å²) in [6, 6.07) is 5.76. The average Bonchev–Trinajstić information content (AvgIpc) is 3.08. The van der Waals surface area contributed by atoms with Gasteiger partial charge in [-0.2, -0.15) is 4.31 Å². The number of anilines is 1. The smallest absolute Gasteiger partial charge is 0.243 e. The first-order valence-electron chi connectivity index (χ1n) is 7.93. The molecule has 134 valence electrons. The fourth-order valence-electron chi connectivity index (χ4n) is 2.91. The minimum absolute atomic E-state index is 0.117. The van der Waals surface area contributed by atoms with Gasteiger partial charge in [-0.05, 0) is 37.1 Å². The number of piperidine rings is 1. The molecule has 1 amide bonds. The first-order valence-corrected chi connectivity index (χ1v) is 10.6. The molecule has 1 saturated heterocycles. The number of carbonyl (C=O) groups is 1. The van der Waals surface area contributed by atoms with E-state index >= 15 is 0 Å². The van der Waals surface area contributed by atoms with Gasteiger partial charge in [-0.1, -0.05) is 18.0 Å². The lowest BCUT2D eigenvalue weighted by molar-refractivity contribution is -0.117. The first-order chi connectivity index (χ1) is 12.0. The van der Waals surface area contributed by atoms with Crippen molar-refractivity contribution in [3.05, 3.63) is 40.9 Å². The van der Waals surface area contributed by atoms with Crippen molar-refractivity contribution in [2.45, 2.75) is 36.6 Å². The summed E-state index contributed by atoms with van der Waals surface area (Å²) in [6.45, 7) is 0.417. The van der Waals surface area contributed by atoms with Crippen LogP contribution in [-0.4, -0.2) is 36.2 Å². The molecule has 2 aromatic rings. The summed E-state index contributed by atoms with van der Waals surface area (Å²) in [5.41, 5.74) is 0. The third-order valence-electron chi connectivity index (χ3n) is 4.09. The molecule has 0 radical (unpaired) electrons. The van der Waals surface area contributed by atoms with E-state index < -0.39 is 10.0 Å². The number of amides is 1. The van der Waals surface area contributed by atoms with Crippen LogP contribution in [0.3, 0.4) is 0 Å². The van der Waals surface area contributed by atoms with Crippen molar-refractivity contribution in [1.82, 2.24) is 9.29 Å². The molecule has 1 aliphatic rings. The highest BCUT2D eigenvalue weighted by atomic mass is 35.5. The number of rotatable bonds is 5. The van der Waals surface area contributed by atoms with E-state index in [2.05, 4.69) is 10.3 Å². The van der Waals surface area contributed by atoms with Crippen LogP contribution in [0.25, 0.3) is 0 Å². The predicted octanol–water partition coefficient (Wildman–Crippen LogP) is 3.37. The minimum Gasteiger partial charge on any atom is -0.302 e. The van der Waals surface area contributed by atoms with Gasteiger partial charge in [0.1, 0.15) is 0 Å². The molecule has 0 spiro atoms. The van der Waals surface area contributed by atoms with Crippen molar-refractivity contribution in [2.75, 3.05) is 11.9 Å². The Balaban J connectivity index is 1.76. The van der Waals surface area contributed by atoms with Gasteiger partial charge in [0.25, 0.3) is 0 Å². The topological polar surface area (TPSA) is 79.4 Å². The second kappa shape index (κ2) is 7.82. The molecule has 0 unspecified atom stereocenters. The molecule has 25 heavy (non-hydrogen) atoms. The summed E-state index contributed by atoms with van der Waals surface area (Å²) in [7, 11) is -3.65. The van der Waals surface area contributed by atoms with Crippen LogP contribution in [0.5, 0.6) is 0 Å². The highest BCUT2D eigenvalue weighted by Gasteiger charge is 2.34. The van der Waals surface area contributed by atoms with Crippen LogP contribution in [0, 0.1) is 0 Å². The van der Waals surface area contributed by atoms with Crippen molar-refractivity contribution >= 4 is 44.0 Å². The lowest BCUT2D eigenvalue weighted by Crippen LogP contribution is -2.45. The summed E-state index contributed by atoms with van der Waals surface area (Å²) in [5.74, 6) is -0.224. The number of nitrogens with one attached hydrogen (secondary N) is 1. The molecule has 3 rings (SSSR count). The maximum absolute atomic E-state index is 12.9. The average molecular weight is 400 g/mol. The number of sulfonamides is 1. The minimum atomic E-state index is -3.65. The van der Waals surface area contributed by atoms with Crippen LogP contribution < -0.4 is 5.32 Å². The quantitative estimate of drug-likeness (QED) is 0.835. The van der Waals surface area contributed by atoms with Crippen molar-refractivity contribution in [3.63, 3.8) is 0 Å². The Bertz CT molecular complexity index is 823. The first kappa shape index (κ1) is 18.3. The van der Waals surface area contributed by atoms with E-state index in [4.69, 9.17) is 11.6 Å². The summed E-state index contributed by atoms with van der Waals surface area (Å²) in [5, 5.41) is 5.49. The number of thiazole rings is 1. The van der Waals surface area contributed by atoms with Gasteiger partial charge in [0.05, 0.1) is 4.90 Å². The molecule has 0 saturated carbocycles. The van der Waals surface area contributed by atoms with Gasteiger partial charge in [0.2, 0.25) is 15.9 Å². The molecule has 2 heterocycles. The zero-order valence-electron chi connectivity index (χ0n) is 13.4. The van der Waals surface area contributed by atoms with Gasteiger partial charge in [0, 0.05) is 35.6 Å². The van der Waals surface area contributed by atoms with Crippen molar-refractivity contribution < 1.29 is 13.2 Å². The molecule has 6 nitrogen and oxygen atoms in total. The molecule has 9 heteroatoms. The van der Waals surface area contributed by atoms with Gasteiger partial charge in [-0.3, -0.25) is 4.79 Å². The standard InChI is InChI=1S/C16H18ClN3O3S2/c17-12-4-6-14(7-5-12)25(22,23)20-9-2-1-3-13(20)11-15(21)19-16-18-8-10-24-16/h4-8,10,13H,1-3,9,11H2,(H,18,19,21)/t13-/m0/s1. The van der Waals surface area contributed by atoms with Gasteiger partial charge < -0.3 is 5.32 Å². The number of carbonyl (C=O) groups excluding carboxylic acids is 1. The second-order valence-electron chi connectivity index (χ2n) is 5.81. The molecule has 1 aliphatic heterocycles. The Morgan fingerprint density at radius 2 is 2.08 bits per heavy atom. The van der Waals surface area contributed by atoms with E-state index in [1.807, 2.05) is 0 Å². The van der Waals surface area contributed by atoms with Crippen molar-refractivity contribution in [2.24, 2.45) is 0 Å². The normalized spacial score (nSPS) is 18.8. The van der Waals surface area contributed by atoms with Crippen molar-refractivity contribution in [1.29, 1.82) is 0 Å². The van der Waals surface area contributed by atoms with Crippen LogP contribution >= 0.6 is 22.9 Å². The Morgan fingerprint density at radius 3 is 2.76 bits per heavy atom. The van der Waals surface area contributed by atoms with Crippen LogP contribution in [0.4, 0.5) is 5.13 Å². The zero-order valence-corrected chi connectivity index (χ0v) is 15.8. The molecule has 1 N–H and O–H groups in total. The number of aromatic nitrogens is 1. The predicted molar refractivity (Wildman–Crippen MR) is 98.3 cm³/mol. The second-order valence-corrected chi connectivity index (χ2v) is 9.03. The van der Waals surface area contributed by atoms with Crippen LogP contribution in [0.1, 0.15) is 25.7 Å². The number of hydrogen-bond donors (Lipinski definition) is 1. The fraction of sp³-hybridized carbons (Fsp3) is 0.375. The highest BCUT2D eigenvalue weighted by molar-refractivity contribution is 7.89. The summed E-state index contributed by atoms with van der Waals surface area (Å²) in [4.78, 5) is 16.5. The monoisotopic (exact) mass is 399 g/mol. The van der Waals surface area contributed by atoms with E-state index in [-0.39, 0.29) is 23.3 Å². The SMILES string of the molecule is O=C(C[C@@H]1CCCCN1S(=O)(=O)c1ccc(Cl)cc1)Nc1nccs1. The van der Waals surface area contributed by atoms with E-state index in [1.54, 1.807) is 23.7 Å². The van der Waals surface area contributed by atoms with E-state index in [0.29, 0.717) is 23.1 Å². The third kappa shape index (κ3) is 4.38. The van der Waals surface area contributed by atoms with Gasteiger partial charge in [0.15, 0.2) is 5.13 Å². The number of nitrogens with zero attached hydrogens (tertiary/aromatic N) is 2. The van der Waals surface area contributed by atoms with Crippen LogP contribution in [0.2, 0.25) is 5.02 Å². The summed E-state index contributed by atoms with van der Waals surface area (Å²) >= 11 is 7.18. The van der Waals surface area contributed by atoms with E-state index in [0.717, 1.165) is 12.8 Å². The lowest BCUT2D eigenvalue weighted by Gasteiger charge is -2.34. The zero-order chi connectivity index (χ0) is 17.9. The molecule has 0 aliphatic carbocycles. The number of hydrogen-bond acceptors (Lipinski definition) is 5.